The number of alkyl halides is 1. The second-order valence-electron chi connectivity index (χ2n) is 4.60. The summed E-state index contributed by atoms with van der Waals surface area (Å²) in [6.45, 7) is 1.40. The van der Waals surface area contributed by atoms with Crippen molar-refractivity contribution >= 4 is 33.2 Å². The maximum absolute atomic E-state index is 8.85. The Balaban J connectivity index is 2.23. The molecular weight excluding hydrogens is 350 g/mol. The highest BCUT2D eigenvalue weighted by molar-refractivity contribution is 9.10. The first-order valence-electron chi connectivity index (χ1n) is 6.60. The summed E-state index contributed by atoms with van der Waals surface area (Å²) in [5, 5.41) is 8.85. The van der Waals surface area contributed by atoms with Crippen LogP contribution < -0.4 is 4.90 Å². The number of halogens is 2. The van der Waals surface area contributed by atoms with Crippen molar-refractivity contribution in [2.45, 2.75) is 18.8 Å². The van der Waals surface area contributed by atoms with Gasteiger partial charge in [-0.3, -0.25) is 4.98 Å². The van der Waals surface area contributed by atoms with Gasteiger partial charge in [-0.05, 0) is 29.3 Å². The predicted molar refractivity (Wildman–Crippen MR) is 89.2 cm³/mol. The molecule has 0 radical (unpaired) electrons. The fourth-order valence-corrected chi connectivity index (χ4v) is 2.94. The molecule has 0 unspecified atom stereocenters. The van der Waals surface area contributed by atoms with Gasteiger partial charge in [0, 0.05) is 41.5 Å². The molecule has 2 rings (SSSR count). The summed E-state index contributed by atoms with van der Waals surface area (Å²) in [6, 6.07) is 12.3. The zero-order chi connectivity index (χ0) is 15.1. The molecule has 2 aromatic rings. The summed E-state index contributed by atoms with van der Waals surface area (Å²) in [7, 11) is 0. The zero-order valence-corrected chi connectivity index (χ0v) is 13.8. The largest absolute Gasteiger partial charge is 0.366 e. The van der Waals surface area contributed by atoms with E-state index in [2.05, 4.69) is 31.9 Å². The van der Waals surface area contributed by atoms with Crippen LogP contribution in [-0.4, -0.2) is 11.5 Å². The summed E-state index contributed by atoms with van der Waals surface area (Å²) in [5.74, 6) is 0.474. The number of rotatable bonds is 6. The first kappa shape index (κ1) is 15.8. The zero-order valence-electron chi connectivity index (χ0n) is 11.5. The van der Waals surface area contributed by atoms with E-state index in [1.807, 2.05) is 36.5 Å². The first-order valence-corrected chi connectivity index (χ1v) is 7.92. The average molecular weight is 365 g/mol. The molecule has 0 amide bonds. The van der Waals surface area contributed by atoms with Gasteiger partial charge in [-0.25, -0.2) is 0 Å². The van der Waals surface area contributed by atoms with E-state index in [0.29, 0.717) is 18.8 Å². The highest BCUT2D eigenvalue weighted by atomic mass is 79.9. The van der Waals surface area contributed by atoms with Crippen LogP contribution in [0.25, 0.3) is 0 Å². The molecule has 108 valence electrons. The van der Waals surface area contributed by atoms with Crippen molar-refractivity contribution in [3.63, 3.8) is 0 Å². The fraction of sp³-hybridized carbons (Fsp3) is 0.250. The van der Waals surface area contributed by atoms with Crippen LogP contribution in [0, 0.1) is 11.3 Å². The van der Waals surface area contributed by atoms with Crippen LogP contribution in [0.15, 0.2) is 47.2 Å². The minimum absolute atomic E-state index is 0.474. The maximum Gasteiger partial charge on any atom is 0.0640 e. The third-order valence-corrected chi connectivity index (χ3v) is 4.16. The Labute approximate surface area is 138 Å². The Morgan fingerprint density at radius 2 is 2.19 bits per heavy atom. The summed E-state index contributed by atoms with van der Waals surface area (Å²) in [4.78, 5) is 6.31. The maximum atomic E-state index is 8.85. The number of benzene rings is 1. The van der Waals surface area contributed by atoms with Crippen molar-refractivity contribution in [3.8, 4) is 6.07 Å². The third-order valence-electron chi connectivity index (χ3n) is 3.14. The highest BCUT2D eigenvalue weighted by Crippen LogP contribution is 2.26. The minimum Gasteiger partial charge on any atom is -0.366 e. The lowest BCUT2D eigenvalue weighted by molar-refractivity contribution is 0.794. The molecule has 0 saturated carbocycles. The molecule has 21 heavy (non-hydrogen) atoms. The smallest absolute Gasteiger partial charge is 0.0640 e. The topological polar surface area (TPSA) is 39.9 Å². The van der Waals surface area contributed by atoms with Crippen molar-refractivity contribution in [2.75, 3.05) is 11.4 Å². The quantitative estimate of drug-likeness (QED) is 0.708. The molecule has 0 bridgehead atoms. The van der Waals surface area contributed by atoms with E-state index in [0.717, 1.165) is 27.8 Å². The number of hydrogen-bond acceptors (Lipinski definition) is 3. The predicted octanol–water partition coefficient (Wildman–Crippen LogP) is 4.50. The van der Waals surface area contributed by atoms with Gasteiger partial charge in [-0.1, -0.05) is 28.1 Å². The normalized spacial score (nSPS) is 10.1. The lowest BCUT2D eigenvalue weighted by Gasteiger charge is -2.24. The van der Waals surface area contributed by atoms with E-state index in [-0.39, 0.29) is 0 Å². The standard InChI is InChI=1S/C16H15BrClN3/c17-16-9-15(5-4-14(16)10-18)21(8-2-6-19)12-13-3-1-7-20-11-13/h1,3-5,7,9,11H,2,8,10,12H2. The molecule has 0 aliphatic heterocycles. The molecule has 1 heterocycles. The molecule has 1 aromatic carbocycles. The van der Waals surface area contributed by atoms with Crippen molar-refractivity contribution in [2.24, 2.45) is 0 Å². The Hall–Kier alpha value is -1.57. The van der Waals surface area contributed by atoms with Crippen LogP contribution in [0.1, 0.15) is 17.5 Å². The van der Waals surface area contributed by atoms with E-state index < -0.39 is 0 Å². The van der Waals surface area contributed by atoms with E-state index in [9.17, 15) is 0 Å². The lowest BCUT2D eigenvalue weighted by atomic mass is 10.2. The van der Waals surface area contributed by atoms with Crippen molar-refractivity contribution in [1.29, 1.82) is 5.26 Å². The summed E-state index contributed by atoms with van der Waals surface area (Å²) in [5.41, 5.74) is 3.24. The fourth-order valence-electron chi connectivity index (χ4n) is 2.04. The number of aromatic nitrogens is 1. The van der Waals surface area contributed by atoms with Gasteiger partial charge >= 0.3 is 0 Å². The second-order valence-corrected chi connectivity index (χ2v) is 5.72. The number of anilines is 1. The molecule has 5 heteroatoms. The van der Waals surface area contributed by atoms with Crippen molar-refractivity contribution < 1.29 is 0 Å². The Bertz CT molecular complexity index is 625. The van der Waals surface area contributed by atoms with Crippen LogP contribution in [0.5, 0.6) is 0 Å². The van der Waals surface area contributed by atoms with Crippen molar-refractivity contribution in [3.05, 3.63) is 58.3 Å². The van der Waals surface area contributed by atoms with Gasteiger partial charge in [0.1, 0.15) is 0 Å². The lowest BCUT2D eigenvalue weighted by Crippen LogP contribution is -2.23. The van der Waals surface area contributed by atoms with Gasteiger partial charge in [0.05, 0.1) is 12.5 Å². The number of nitrogens with zero attached hydrogens (tertiary/aromatic N) is 3. The molecule has 3 nitrogen and oxygen atoms in total. The van der Waals surface area contributed by atoms with E-state index >= 15 is 0 Å². The second kappa shape index (κ2) is 8.02. The van der Waals surface area contributed by atoms with Crippen LogP contribution in [0.2, 0.25) is 0 Å². The Morgan fingerprint density at radius 3 is 2.81 bits per heavy atom. The molecule has 0 N–H and O–H groups in total. The molecule has 0 fully saturated rings. The van der Waals surface area contributed by atoms with Crippen LogP contribution in [-0.2, 0) is 12.4 Å². The highest BCUT2D eigenvalue weighted by Gasteiger charge is 2.09. The first-order chi connectivity index (χ1) is 10.2. The summed E-state index contributed by atoms with van der Waals surface area (Å²) >= 11 is 9.42. The number of hydrogen-bond donors (Lipinski definition) is 0. The minimum atomic E-state index is 0.474. The molecule has 0 atom stereocenters. The van der Waals surface area contributed by atoms with E-state index in [1.54, 1.807) is 6.20 Å². The van der Waals surface area contributed by atoms with Crippen LogP contribution in [0.3, 0.4) is 0 Å². The monoisotopic (exact) mass is 363 g/mol. The number of nitriles is 1. The molecule has 0 aliphatic carbocycles. The van der Waals surface area contributed by atoms with Gasteiger partial charge in [0.15, 0.2) is 0 Å². The van der Waals surface area contributed by atoms with Crippen LogP contribution in [0.4, 0.5) is 5.69 Å². The Morgan fingerprint density at radius 1 is 1.33 bits per heavy atom. The summed E-state index contributed by atoms with van der Waals surface area (Å²) in [6.07, 6.45) is 4.09. The van der Waals surface area contributed by atoms with Gasteiger partial charge in [0.2, 0.25) is 0 Å². The van der Waals surface area contributed by atoms with Crippen LogP contribution >= 0.6 is 27.5 Å². The van der Waals surface area contributed by atoms with Gasteiger partial charge in [-0.15, -0.1) is 11.6 Å². The SMILES string of the molecule is N#CCCN(Cc1cccnc1)c1ccc(CCl)c(Br)c1. The average Bonchev–Trinajstić information content (AvgIpc) is 2.52. The number of pyridine rings is 1. The summed E-state index contributed by atoms with van der Waals surface area (Å²) < 4.78 is 0.989. The molecular formula is C16H15BrClN3. The molecule has 0 aliphatic rings. The molecule has 1 aromatic heterocycles. The van der Waals surface area contributed by atoms with Gasteiger partial charge in [-0.2, -0.15) is 5.26 Å². The van der Waals surface area contributed by atoms with E-state index in [1.165, 1.54) is 0 Å². The third kappa shape index (κ3) is 4.45. The van der Waals surface area contributed by atoms with E-state index in [4.69, 9.17) is 16.9 Å². The van der Waals surface area contributed by atoms with Gasteiger partial charge < -0.3 is 4.90 Å². The Kier molecular flexibility index (Phi) is 6.04. The molecule has 0 saturated heterocycles. The van der Waals surface area contributed by atoms with Crippen molar-refractivity contribution in [1.82, 2.24) is 4.98 Å². The van der Waals surface area contributed by atoms with Gasteiger partial charge in [0.25, 0.3) is 0 Å². The molecule has 0 spiro atoms.